The minimum Gasteiger partial charge on any atom is -0.444 e. The normalized spacial score (nSPS) is 16.7. The number of benzene rings is 2. The summed E-state index contributed by atoms with van der Waals surface area (Å²) in [6.45, 7) is 6.75. The minimum absolute atomic E-state index is 0.128. The van der Waals surface area contributed by atoms with Crippen LogP contribution in [-0.4, -0.2) is 33.2 Å². The van der Waals surface area contributed by atoms with E-state index in [0.717, 1.165) is 34.4 Å². The predicted octanol–water partition coefficient (Wildman–Crippen LogP) is 6.40. The molecule has 1 N–H and O–H groups in total. The molecule has 186 valence electrons. The fraction of sp³-hybridized carbons (Fsp3) is 0.292. The van der Waals surface area contributed by atoms with Crippen molar-refractivity contribution in [1.82, 2.24) is 10.2 Å². The molecule has 35 heavy (non-hydrogen) atoms. The molecule has 1 fully saturated rings. The van der Waals surface area contributed by atoms with Gasteiger partial charge in [-0.15, -0.1) is 13.2 Å². The zero-order chi connectivity index (χ0) is 26.0. The highest BCUT2D eigenvalue weighted by molar-refractivity contribution is 8.26. The average molecular weight is 525 g/mol. The first-order valence-corrected chi connectivity index (χ1v) is 11.6. The Bertz CT molecular complexity index is 1160. The van der Waals surface area contributed by atoms with E-state index < -0.39 is 35.9 Å². The number of ether oxygens (including phenoxy) is 2. The summed E-state index contributed by atoms with van der Waals surface area (Å²) in [5.74, 6) is -1.00. The van der Waals surface area contributed by atoms with Gasteiger partial charge in [0.25, 0.3) is 5.91 Å². The highest BCUT2D eigenvalue weighted by Crippen LogP contribution is 2.41. The molecule has 6 nitrogen and oxygen atoms in total. The Labute approximate surface area is 210 Å². The van der Waals surface area contributed by atoms with Crippen LogP contribution < -0.4 is 10.1 Å². The Morgan fingerprint density at radius 1 is 1.09 bits per heavy atom. The number of hydrogen-bond donors (Lipinski definition) is 1. The van der Waals surface area contributed by atoms with E-state index in [1.807, 2.05) is 30.3 Å². The number of carbonyl (C=O) groups excluding carboxylic acids is 2. The number of halogens is 3. The Balaban J connectivity index is 2.02. The van der Waals surface area contributed by atoms with Crippen molar-refractivity contribution < 1.29 is 32.2 Å². The number of thioether (sulfide) groups is 1. The number of thiocarbonyl (C=S) groups is 1. The van der Waals surface area contributed by atoms with Crippen LogP contribution in [0, 0.1) is 0 Å². The third-order valence-corrected chi connectivity index (χ3v) is 6.17. The maximum atomic E-state index is 13.5. The van der Waals surface area contributed by atoms with E-state index in [1.54, 1.807) is 27.7 Å². The topological polar surface area (TPSA) is 67.9 Å². The number of rotatable bonds is 5. The molecule has 1 atom stereocenters. The first-order chi connectivity index (χ1) is 16.2. The molecule has 0 spiro atoms. The number of hydrogen-bond acceptors (Lipinski definition) is 6. The van der Waals surface area contributed by atoms with E-state index in [-0.39, 0.29) is 9.88 Å². The van der Waals surface area contributed by atoms with Gasteiger partial charge in [-0.05, 0) is 56.5 Å². The summed E-state index contributed by atoms with van der Waals surface area (Å²) in [4.78, 5) is 27.6. The number of nitrogens with zero attached hydrogens (tertiary/aromatic N) is 1. The van der Waals surface area contributed by atoms with E-state index in [9.17, 15) is 22.8 Å². The summed E-state index contributed by atoms with van der Waals surface area (Å²) >= 11 is 6.50. The number of allylic oxidation sites excluding steroid dienone is 1. The summed E-state index contributed by atoms with van der Waals surface area (Å²) in [7, 11) is 0. The third-order valence-electron chi connectivity index (χ3n) is 4.67. The lowest BCUT2D eigenvalue weighted by Gasteiger charge is -2.29. The van der Waals surface area contributed by atoms with Gasteiger partial charge in [0.15, 0.2) is 0 Å². The molecule has 11 heteroatoms. The largest absolute Gasteiger partial charge is 0.573 e. The van der Waals surface area contributed by atoms with Gasteiger partial charge in [-0.1, -0.05) is 66.4 Å². The van der Waals surface area contributed by atoms with E-state index in [1.165, 1.54) is 12.1 Å². The third kappa shape index (κ3) is 6.98. The molecule has 1 aliphatic rings. The van der Waals surface area contributed by atoms with Crippen LogP contribution in [0.3, 0.4) is 0 Å². The molecule has 3 rings (SSSR count). The fourth-order valence-electron chi connectivity index (χ4n) is 3.25. The van der Waals surface area contributed by atoms with Gasteiger partial charge in [0, 0.05) is 0 Å². The van der Waals surface area contributed by atoms with Gasteiger partial charge in [0.1, 0.15) is 21.8 Å². The van der Waals surface area contributed by atoms with Gasteiger partial charge in [-0.3, -0.25) is 15.0 Å². The number of alkyl halides is 3. The van der Waals surface area contributed by atoms with Crippen molar-refractivity contribution in [3.8, 4) is 5.75 Å². The molecule has 1 heterocycles. The van der Waals surface area contributed by atoms with Crippen molar-refractivity contribution in [1.29, 1.82) is 0 Å². The Hall–Kier alpha value is -3.05. The second-order valence-electron chi connectivity index (χ2n) is 8.53. The molecule has 1 saturated heterocycles. The maximum Gasteiger partial charge on any atom is 0.573 e. The van der Waals surface area contributed by atoms with Crippen molar-refractivity contribution in [2.75, 3.05) is 0 Å². The lowest BCUT2D eigenvalue weighted by atomic mass is 10.1. The van der Waals surface area contributed by atoms with Crippen LogP contribution in [-0.2, 0) is 9.53 Å². The average Bonchev–Trinajstić information content (AvgIpc) is 3.03. The van der Waals surface area contributed by atoms with Gasteiger partial charge >= 0.3 is 12.5 Å². The predicted molar refractivity (Wildman–Crippen MR) is 131 cm³/mol. The molecule has 0 radical (unpaired) electrons. The SMILES string of the molecule is C/C(=C1/SC(=S)N(C(NC(=O)OC(C)(C)C)c2cccc(OC(F)(F)F)c2)C1=O)c1ccccc1. The first kappa shape index (κ1) is 26.6. The molecule has 0 aromatic heterocycles. The van der Waals surface area contributed by atoms with E-state index >= 15 is 0 Å². The first-order valence-electron chi connectivity index (χ1n) is 10.4. The molecular formula is C24H23F3N2O4S2. The van der Waals surface area contributed by atoms with E-state index in [0.29, 0.717) is 10.5 Å². The maximum absolute atomic E-state index is 13.5. The van der Waals surface area contributed by atoms with Crippen molar-refractivity contribution in [2.24, 2.45) is 0 Å². The van der Waals surface area contributed by atoms with Crippen LogP contribution in [0.15, 0.2) is 59.5 Å². The molecule has 1 aliphatic heterocycles. The minimum atomic E-state index is -4.91. The number of nitrogens with one attached hydrogen (secondary N) is 1. The van der Waals surface area contributed by atoms with Crippen LogP contribution in [0.2, 0.25) is 0 Å². The molecular weight excluding hydrogens is 501 g/mol. The van der Waals surface area contributed by atoms with Gasteiger partial charge in [0.2, 0.25) is 0 Å². The summed E-state index contributed by atoms with van der Waals surface area (Å²) in [6.07, 6.45) is -7.03. The summed E-state index contributed by atoms with van der Waals surface area (Å²) < 4.78 is 47.8. The van der Waals surface area contributed by atoms with Gasteiger partial charge in [-0.2, -0.15) is 0 Å². The number of alkyl carbamates (subject to hydrolysis) is 1. The highest BCUT2D eigenvalue weighted by Gasteiger charge is 2.41. The van der Waals surface area contributed by atoms with Crippen molar-refractivity contribution >= 4 is 45.9 Å². The van der Waals surface area contributed by atoms with E-state index in [2.05, 4.69) is 10.1 Å². The summed E-state index contributed by atoms with van der Waals surface area (Å²) in [6, 6.07) is 14.2. The van der Waals surface area contributed by atoms with E-state index in [4.69, 9.17) is 17.0 Å². The van der Waals surface area contributed by atoms with Crippen molar-refractivity contribution in [3.05, 3.63) is 70.6 Å². The lowest BCUT2D eigenvalue weighted by molar-refractivity contribution is -0.274. The van der Waals surface area contributed by atoms with Crippen LogP contribution in [0.5, 0.6) is 5.75 Å². The van der Waals surface area contributed by atoms with Crippen LogP contribution >= 0.6 is 24.0 Å². The van der Waals surface area contributed by atoms with Gasteiger partial charge in [0.05, 0.1) is 4.91 Å². The van der Waals surface area contributed by atoms with Crippen molar-refractivity contribution in [3.63, 3.8) is 0 Å². The molecule has 2 amide bonds. The smallest absolute Gasteiger partial charge is 0.444 e. The van der Waals surface area contributed by atoms with Gasteiger partial charge < -0.3 is 9.47 Å². The zero-order valence-electron chi connectivity index (χ0n) is 19.3. The van der Waals surface area contributed by atoms with Crippen LogP contribution in [0.25, 0.3) is 5.57 Å². The Kier molecular flexibility index (Phi) is 7.80. The summed E-state index contributed by atoms with van der Waals surface area (Å²) in [5, 5.41) is 2.57. The quantitative estimate of drug-likeness (QED) is 0.361. The molecule has 1 unspecified atom stereocenters. The summed E-state index contributed by atoms with van der Waals surface area (Å²) in [5.41, 5.74) is 0.781. The zero-order valence-corrected chi connectivity index (χ0v) is 20.9. The van der Waals surface area contributed by atoms with Gasteiger partial charge in [-0.25, -0.2) is 4.79 Å². The Morgan fingerprint density at radius 3 is 2.34 bits per heavy atom. The highest BCUT2D eigenvalue weighted by atomic mass is 32.2. The Morgan fingerprint density at radius 2 is 1.74 bits per heavy atom. The van der Waals surface area contributed by atoms with Crippen LogP contribution in [0.1, 0.15) is 45.0 Å². The lowest BCUT2D eigenvalue weighted by Crippen LogP contribution is -2.45. The van der Waals surface area contributed by atoms with Crippen LogP contribution in [0.4, 0.5) is 18.0 Å². The molecule has 0 aliphatic carbocycles. The molecule has 0 saturated carbocycles. The fourth-order valence-corrected chi connectivity index (χ4v) is 4.61. The molecule has 2 aromatic rings. The standard InChI is InChI=1S/C24H23F3N2O4S2/c1-14(15-9-6-5-7-10-15)18-20(30)29(22(34)35-18)19(28-21(31)33-23(2,3)4)16-11-8-12-17(13-16)32-24(25,26)27/h5-13,19H,1-4H3,(H,28,31)/b18-14-. The second kappa shape index (κ2) is 10.3. The molecule has 0 bridgehead atoms. The number of carbonyl (C=O) groups is 2. The second-order valence-corrected chi connectivity index (χ2v) is 10.2. The molecule has 2 aromatic carbocycles. The monoisotopic (exact) mass is 524 g/mol. The van der Waals surface area contributed by atoms with Crippen molar-refractivity contribution in [2.45, 2.75) is 45.8 Å². The number of amides is 2.